The van der Waals surface area contributed by atoms with Gasteiger partial charge in [0.25, 0.3) is 0 Å². The molecule has 0 aromatic carbocycles. The lowest BCUT2D eigenvalue weighted by Gasteiger charge is -2.04. The van der Waals surface area contributed by atoms with Crippen LogP contribution >= 0.6 is 11.6 Å². The average Bonchev–Trinajstić information content (AvgIpc) is 2.04. The first-order valence-electron chi connectivity index (χ1n) is 3.54. The zero-order chi connectivity index (χ0) is 9.84. The van der Waals surface area contributed by atoms with E-state index in [0.717, 1.165) is 0 Å². The van der Waals surface area contributed by atoms with E-state index in [4.69, 9.17) is 21.4 Å². The van der Waals surface area contributed by atoms with Gasteiger partial charge in [-0.05, 0) is 6.92 Å². The number of ether oxygens (including phenoxy) is 1. The monoisotopic (exact) mass is 202 g/mol. The van der Waals surface area contributed by atoms with Crippen molar-refractivity contribution in [1.82, 2.24) is 10.2 Å². The molecule has 0 aliphatic rings. The van der Waals surface area contributed by atoms with Crippen LogP contribution in [0.2, 0.25) is 5.15 Å². The van der Waals surface area contributed by atoms with E-state index in [1.54, 1.807) is 6.92 Å². The first-order valence-corrected chi connectivity index (χ1v) is 3.92. The molecule has 0 saturated carbocycles. The van der Waals surface area contributed by atoms with Gasteiger partial charge in [0.1, 0.15) is 0 Å². The largest absolute Gasteiger partial charge is 0.491 e. The number of carboxylic acid groups (broad SMARTS) is 1. The Morgan fingerprint density at radius 3 is 2.92 bits per heavy atom. The minimum Gasteiger partial charge on any atom is -0.491 e. The van der Waals surface area contributed by atoms with Gasteiger partial charge in [0.15, 0.2) is 10.9 Å². The maximum Gasteiger partial charge on any atom is 0.360 e. The smallest absolute Gasteiger partial charge is 0.360 e. The van der Waals surface area contributed by atoms with Gasteiger partial charge in [-0.3, -0.25) is 0 Å². The zero-order valence-electron chi connectivity index (χ0n) is 6.82. The van der Waals surface area contributed by atoms with E-state index in [2.05, 4.69) is 10.2 Å². The van der Waals surface area contributed by atoms with Crippen molar-refractivity contribution in [3.8, 4) is 5.75 Å². The van der Waals surface area contributed by atoms with Crippen LogP contribution in [0.4, 0.5) is 0 Å². The minimum absolute atomic E-state index is 0.105. The lowest BCUT2D eigenvalue weighted by atomic mass is 10.3. The molecule has 1 N–H and O–H groups in total. The molecule has 0 radical (unpaired) electrons. The van der Waals surface area contributed by atoms with Crippen LogP contribution in [0, 0.1) is 0 Å². The molecular weight excluding hydrogens is 196 g/mol. The highest BCUT2D eigenvalue weighted by molar-refractivity contribution is 6.29. The highest BCUT2D eigenvalue weighted by atomic mass is 35.5. The van der Waals surface area contributed by atoms with Crippen molar-refractivity contribution in [2.45, 2.75) is 6.92 Å². The SMILES string of the molecule is CCOc1cc(Cl)nnc1C(=O)O. The molecule has 70 valence electrons. The van der Waals surface area contributed by atoms with E-state index in [1.165, 1.54) is 6.07 Å². The Morgan fingerprint density at radius 1 is 1.69 bits per heavy atom. The predicted molar refractivity (Wildman–Crippen MR) is 45.2 cm³/mol. The Labute approximate surface area is 79.3 Å². The molecule has 6 heteroatoms. The summed E-state index contributed by atoms with van der Waals surface area (Å²) in [7, 11) is 0. The fourth-order valence-electron chi connectivity index (χ4n) is 0.766. The summed E-state index contributed by atoms with van der Waals surface area (Å²) in [6.07, 6.45) is 0. The molecule has 1 heterocycles. The summed E-state index contributed by atoms with van der Waals surface area (Å²) in [6.45, 7) is 2.09. The van der Waals surface area contributed by atoms with Gasteiger partial charge >= 0.3 is 5.97 Å². The standard InChI is InChI=1S/C7H7ClN2O3/c1-2-13-4-3-5(8)9-10-6(4)7(11)12/h3H,2H2,1H3,(H,11,12). The summed E-state index contributed by atoms with van der Waals surface area (Å²) in [5, 5.41) is 15.6. The molecular formula is C7H7ClN2O3. The Bertz CT molecular complexity index is 330. The molecule has 0 atom stereocenters. The minimum atomic E-state index is -1.19. The van der Waals surface area contributed by atoms with Crippen LogP contribution in [-0.2, 0) is 0 Å². The van der Waals surface area contributed by atoms with Gasteiger partial charge in [-0.15, -0.1) is 10.2 Å². The number of aromatic carboxylic acids is 1. The van der Waals surface area contributed by atoms with Gasteiger partial charge in [0, 0.05) is 6.07 Å². The lowest BCUT2D eigenvalue weighted by Crippen LogP contribution is -2.06. The molecule has 0 amide bonds. The first kappa shape index (κ1) is 9.73. The van der Waals surface area contributed by atoms with Crippen LogP contribution in [0.3, 0.4) is 0 Å². The molecule has 0 unspecified atom stereocenters. The zero-order valence-corrected chi connectivity index (χ0v) is 7.58. The van der Waals surface area contributed by atoms with E-state index in [1.807, 2.05) is 0 Å². The maximum atomic E-state index is 10.6. The van der Waals surface area contributed by atoms with E-state index >= 15 is 0 Å². The number of aromatic nitrogens is 2. The second-order valence-corrected chi connectivity index (χ2v) is 2.51. The second-order valence-electron chi connectivity index (χ2n) is 2.12. The molecule has 0 fully saturated rings. The van der Waals surface area contributed by atoms with Gasteiger partial charge < -0.3 is 9.84 Å². The Balaban J connectivity index is 3.10. The lowest BCUT2D eigenvalue weighted by molar-refractivity contribution is 0.0684. The number of carboxylic acids is 1. The number of nitrogens with zero attached hydrogens (tertiary/aromatic N) is 2. The first-order chi connectivity index (χ1) is 6.15. The fraction of sp³-hybridized carbons (Fsp3) is 0.286. The van der Waals surface area contributed by atoms with Crippen molar-refractivity contribution in [2.75, 3.05) is 6.61 Å². The van der Waals surface area contributed by atoms with Crippen LogP contribution in [0.1, 0.15) is 17.4 Å². The van der Waals surface area contributed by atoms with Crippen molar-refractivity contribution >= 4 is 17.6 Å². The van der Waals surface area contributed by atoms with Gasteiger partial charge in [0.05, 0.1) is 6.61 Å². The molecule has 13 heavy (non-hydrogen) atoms. The topological polar surface area (TPSA) is 72.3 Å². The highest BCUT2D eigenvalue weighted by Crippen LogP contribution is 2.18. The van der Waals surface area contributed by atoms with Crippen molar-refractivity contribution in [2.24, 2.45) is 0 Å². The van der Waals surface area contributed by atoms with E-state index in [0.29, 0.717) is 6.61 Å². The van der Waals surface area contributed by atoms with Crippen LogP contribution in [0.5, 0.6) is 5.75 Å². The molecule has 1 aromatic rings. The van der Waals surface area contributed by atoms with Crippen LogP contribution in [-0.4, -0.2) is 27.9 Å². The van der Waals surface area contributed by atoms with E-state index in [-0.39, 0.29) is 16.6 Å². The Morgan fingerprint density at radius 2 is 2.38 bits per heavy atom. The van der Waals surface area contributed by atoms with Crippen LogP contribution in [0.25, 0.3) is 0 Å². The van der Waals surface area contributed by atoms with E-state index < -0.39 is 5.97 Å². The van der Waals surface area contributed by atoms with Gasteiger partial charge in [-0.25, -0.2) is 4.79 Å². The molecule has 5 nitrogen and oxygen atoms in total. The van der Waals surface area contributed by atoms with E-state index in [9.17, 15) is 4.79 Å². The molecule has 1 aromatic heterocycles. The van der Waals surface area contributed by atoms with Crippen LogP contribution < -0.4 is 4.74 Å². The quantitative estimate of drug-likeness (QED) is 0.798. The second kappa shape index (κ2) is 4.04. The molecule has 0 aliphatic carbocycles. The fourth-order valence-corrected chi connectivity index (χ4v) is 0.903. The normalized spacial score (nSPS) is 9.69. The molecule has 0 spiro atoms. The predicted octanol–water partition coefficient (Wildman–Crippen LogP) is 1.23. The molecule has 1 rings (SSSR count). The summed E-state index contributed by atoms with van der Waals surface area (Å²) in [5.74, 6) is -1.05. The summed E-state index contributed by atoms with van der Waals surface area (Å²) < 4.78 is 5.01. The summed E-state index contributed by atoms with van der Waals surface area (Å²) in [4.78, 5) is 10.6. The Kier molecular flexibility index (Phi) is 3.02. The average molecular weight is 203 g/mol. The summed E-state index contributed by atoms with van der Waals surface area (Å²) in [6, 6.07) is 1.32. The molecule has 0 bridgehead atoms. The number of hydrogen-bond acceptors (Lipinski definition) is 4. The van der Waals surface area contributed by atoms with Gasteiger partial charge in [0.2, 0.25) is 5.69 Å². The van der Waals surface area contributed by atoms with Crippen molar-refractivity contribution < 1.29 is 14.6 Å². The number of hydrogen-bond donors (Lipinski definition) is 1. The van der Waals surface area contributed by atoms with Crippen LogP contribution in [0.15, 0.2) is 6.07 Å². The molecule has 0 saturated heterocycles. The number of carbonyl (C=O) groups is 1. The van der Waals surface area contributed by atoms with Gasteiger partial charge in [-0.2, -0.15) is 0 Å². The third-order valence-corrected chi connectivity index (χ3v) is 1.42. The van der Waals surface area contributed by atoms with Gasteiger partial charge in [-0.1, -0.05) is 11.6 Å². The molecule has 0 aliphatic heterocycles. The third-order valence-electron chi connectivity index (χ3n) is 1.23. The third kappa shape index (κ3) is 2.29. The highest BCUT2D eigenvalue weighted by Gasteiger charge is 2.14. The Hall–Kier alpha value is -1.36. The van der Waals surface area contributed by atoms with Crippen molar-refractivity contribution in [1.29, 1.82) is 0 Å². The number of rotatable bonds is 3. The number of halogens is 1. The summed E-state index contributed by atoms with van der Waals surface area (Å²) >= 11 is 5.51. The maximum absolute atomic E-state index is 10.6. The van der Waals surface area contributed by atoms with Crippen molar-refractivity contribution in [3.05, 3.63) is 16.9 Å². The summed E-state index contributed by atoms with van der Waals surface area (Å²) in [5.41, 5.74) is -0.230. The van der Waals surface area contributed by atoms with Crippen molar-refractivity contribution in [3.63, 3.8) is 0 Å².